The predicted octanol–water partition coefficient (Wildman–Crippen LogP) is 3.65. The summed E-state index contributed by atoms with van der Waals surface area (Å²) in [4.78, 5) is 4.50. The number of rotatable bonds is 6. The summed E-state index contributed by atoms with van der Waals surface area (Å²) in [5, 5.41) is 3.40. The normalized spacial score (nSPS) is 13.1. The summed E-state index contributed by atoms with van der Waals surface area (Å²) < 4.78 is 10.8. The van der Waals surface area contributed by atoms with Crippen LogP contribution in [0.1, 0.15) is 32.6 Å². The van der Waals surface area contributed by atoms with E-state index in [-0.39, 0.29) is 0 Å². The summed E-state index contributed by atoms with van der Waals surface area (Å²) >= 11 is 0. The van der Waals surface area contributed by atoms with Gasteiger partial charge in [-0.2, -0.15) is 0 Å². The number of fused-ring (bicyclic) bond motifs is 1. The maximum absolute atomic E-state index is 5.69. The van der Waals surface area contributed by atoms with Crippen LogP contribution >= 0.6 is 0 Å². The molecule has 0 saturated heterocycles. The maximum Gasteiger partial charge on any atom is 0.198 e. The zero-order valence-corrected chi connectivity index (χ0v) is 12.1. The van der Waals surface area contributed by atoms with Crippen LogP contribution in [0.25, 0.3) is 11.1 Å². The predicted molar refractivity (Wildman–Crippen MR) is 77.6 cm³/mol. The molecule has 1 atom stereocenters. The smallest absolute Gasteiger partial charge is 0.198 e. The molecule has 19 heavy (non-hydrogen) atoms. The number of nitrogens with one attached hydrogen (secondary N) is 1. The van der Waals surface area contributed by atoms with Gasteiger partial charge in [-0.05, 0) is 24.1 Å². The Kier molecular flexibility index (Phi) is 4.43. The molecule has 0 aliphatic rings. The number of oxazole rings is 1. The van der Waals surface area contributed by atoms with Crippen LogP contribution in [0.2, 0.25) is 0 Å². The second-order valence-corrected chi connectivity index (χ2v) is 5.33. The third-order valence-electron chi connectivity index (χ3n) is 3.00. The third-order valence-corrected chi connectivity index (χ3v) is 3.00. The van der Waals surface area contributed by atoms with Gasteiger partial charge in [0.2, 0.25) is 0 Å². The number of ether oxygens (including phenoxy) is 1. The van der Waals surface area contributed by atoms with Crippen LogP contribution in [0.3, 0.4) is 0 Å². The molecule has 2 rings (SSSR count). The van der Waals surface area contributed by atoms with Crippen LogP contribution in [-0.4, -0.2) is 25.2 Å². The minimum atomic E-state index is 0.311. The number of anilines is 1. The summed E-state index contributed by atoms with van der Waals surface area (Å²) in [6.45, 7) is 7.96. The van der Waals surface area contributed by atoms with Gasteiger partial charge in [0.15, 0.2) is 11.5 Å². The lowest BCUT2D eigenvalue weighted by atomic mass is 10.2. The molecule has 1 aromatic carbocycles. The number of methoxy groups -OCH3 is 1. The van der Waals surface area contributed by atoms with Crippen LogP contribution in [0.15, 0.2) is 22.6 Å². The Balaban J connectivity index is 2.08. The molecular formula is C15H22N2O2. The van der Waals surface area contributed by atoms with Crippen molar-refractivity contribution in [3.8, 4) is 0 Å². The first-order chi connectivity index (χ1) is 9.10. The average molecular weight is 262 g/mol. The lowest BCUT2D eigenvalue weighted by Crippen LogP contribution is -2.15. The molecule has 4 nitrogen and oxygen atoms in total. The van der Waals surface area contributed by atoms with E-state index in [1.807, 2.05) is 18.2 Å². The summed E-state index contributed by atoms with van der Waals surface area (Å²) in [6, 6.07) is 6.03. The highest BCUT2D eigenvalue weighted by Gasteiger charge is 2.09. The van der Waals surface area contributed by atoms with Crippen LogP contribution in [0.4, 0.5) is 5.69 Å². The van der Waals surface area contributed by atoms with Gasteiger partial charge in [0, 0.05) is 25.3 Å². The van der Waals surface area contributed by atoms with Crippen molar-refractivity contribution in [1.29, 1.82) is 0 Å². The lowest BCUT2D eigenvalue weighted by molar-refractivity contribution is 0.164. The minimum absolute atomic E-state index is 0.311. The molecule has 4 heteroatoms. The Bertz CT molecular complexity index is 534. The van der Waals surface area contributed by atoms with Gasteiger partial charge in [-0.1, -0.05) is 20.8 Å². The fraction of sp³-hybridized carbons (Fsp3) is 0.533. The highest BCUT2D eigenvalue weighted by molar-refractivity contribution is 5.77. The third kappa shape index (κ3) is 3.47. The Hall–Kier alpha value is -1.55. The van der Waals surface area contributed by atoms with E-state index in [0.717, 1.165) is 35.8 Å². The lowest BCUT2D eigenvalue weighted by Gasteiger charge is -2.12. The van der Waals surface area contributed by atoms with Gasteiger partial charge in [-0.15, -0.1) is 0 Å². The highest BCUT2D eigenvalue weighted by atomic mass is 16.5. The van der Waals surface area contributed by atoms with Gasteiger partial charge in [-0.25, -0.2) is 4.98 Å². The molecule has 0 radical (unpaired) electrons. The molecule has 0 spiro atoms. The highest BCUT2D eigenvalue weighted by Crippen LogP contribution is 2.23. The van der Waals surface area contributed by atoms with E-state index in [1.165, 1.54) is 0 Å². The quantitative estimate of drug-likeness (QED) is 0.863. The van der Waals surface area contributed by atoms with Gasteiger partial charge in [0.25, 0.3) is 0 Å². The number of hydrogen-bond acceptors (Lipinski definition) is 4. The fourth-order valence-corrected chi connectivity index (χ4v) is 1.94. The van der Waals surface area contributed by atoms with E-state index in [2.05, 4.69) is 31.1 Å². The van der Waals surface area contributed by atoms with Crippen LogP contribution < -0.4 is 5.32 Å². The Morgan fingerprint density at radius 1 is 1.32 bits per heavy atom. The summed E-state index contributed by atoms with van der Waals surface area (Å²) in [6.07, 6.45) is 0. The van der Waals surface area contributed by atoms with Crippen molar-refractivity contribution in [3.05, 3.63) is 24.1 Å². The zero-order valence-electron chi connectivity index (χ0n) is 12.1. The Labute approximate surface area is 114 Å². The molecule has 1 unspecified atom stereocenters. The van der Waals surface area contributed by atoms with E-state index >= 15 is 0 Å². The Morgan fingerprint density at radius 3 is 2.79 bits per heavy atom. The summed E-state index contributed by atoms with van der Waals surface area (Å²) in [5.41, 5.74) is 2.83. The molecule has 1 heterocycles. The maximum atomic E-state index is 5.69. The first kappa shape index (κ1) is 13.9. The van der Waals surface area contributed by atoms with Crippen LogP contribution in [0, 0.1) is 5.92 Å². The molecule has 0 saturated carbocycles. The van der Waals surface area contributed by atoms with E-state index in [0.29, 0.717) is 11.8 Å². The van der Waals surface area contributed by atoms with Gasteiger partial charge >= 0.3 is 0 Å². The van der Waals surface area contributed by atoms with Crippen LogP contribution in [-0.2, 0) is 4.74 Å². The monoisotopic (exact) mass is 262 g/mol. The molecule has 0 amide bonds. The van der Waals surface area contributed by atoms with Crippen LogP contribution in [0.5, 0.6) is 0 Å². The van der Waals surface area contributed by atoms with Crippen molar-refractivity contribution in [2.75, 3.05) is 25.6 Å². The molecule has 104 valence electrons. The molecule has 1 aromatic heterocycles. The summed E-state index contributed by atoms with van der Waals surface area (Å²) in [5.74, 6) is 1.58. The van der Waals surface area contributed by atoms with Gasteiger partial charge in [-0.3, -0.25) is 0 Å². The first-order valence-electron chi connectivity index (χ1n) is 6.73. The molecule has 0 aliphatic carbocycles. The van der Waals surface area contributed by atoms with Gasteiger partial charge in [0.1, 0.15) is 5.52 Å². The zero-order chi connectivity index (χ0) is 13.8. The molecular weight excluding hydrogens is 240 g/mol. The van der Waals surface area contributed by atoms with Gasteiger partial charge in [0.05, 0.1) is 6.61 Å². The largest absolute Gasteiger partial charge is 0.440 e. The average Bonchev–Trinajstić information content (AvgIpc) is 2.80. The summed E-state index contributed by atoms with van der Waals surface area (Å²) in [7, 11) is 1.73. The second-order valence-electron chi connectivity index (χ2n) is 5.33. The standard InChI is InChI=1S/C15H22N2O2/c1-10(2)15-17-13-7-12(5-6-14(13)19-15)16-8-11(3)9-18-4/h5-7,10-11,16H,8-9H2,1-4H3. The van der Waals surface area contributed by atoms with Crippen molar-refractivity contribution in [2.45, 2.75) is 26.7 Å². The number of aromatic nitrogens is 1. The molecule has 0 aliphatic heterocycles. The number of hydrogen-bond donors (Lipinski definition) is 1. The SMILES string of the molecule is COCC(C)CNc1ccc2oc(C(C)C)nc2c1. The van der Waals surface area contributed by atoms with E-state index in [4.69, 9.17) is 9.15 Å². The second kappa shape index (κ2) is 6.06. The topological polar surface area (TPSA) is 47.3 Å². The van der Waals surface area contributed by atoms with E-state index < -0.39 is 0 Å². The van der Waals surface area contributed by atoms with Crippen molar-refractivity contribution in [3.63, 3.8) is 0 Å². The number of benzene rings is 1. The fourth-order valence-electron chi connectivity index (χ4n) is 1.94. The van der Waals surface area contributed by atoms with Crippen molar-refractivity contribution in [1.82, 2.24) is 4.98 Å². The van der Waals surface area contributed by atoms with E-state index in [9.17, 15) is 0 Å². The minimum Gasteiger partial charge on any atom is -0.440 e. The Morgan fingerprint density at radius 2 is 2.11 bits per heavy atom. The van der Waals surface area contributed by atoms with Gasteiger partial charge < -0.3 is 14.5 Å². The number of nitrogens with zero attached hydrogens (tertiary/aromatic N) is 1. The molecule has 1 N–H and O–H groups in total. The van der Waals surface area contributed by atoms with Crippen molar-refractivity contribution >= 4 is 16.8 Å². The van der Waals surface area contributed by atoms with Crippen molar-refractivity contribution < 1.29 is 9.15 Å². The molecule has 0 bridgehead atoms. The first-order valence-corrected chi connectivity index (χ1v) is 6.73. The molecule has 0 fully saturated rings. The van der Waals surface area contributed by atoms with E-state index in [1.54, 1.807) is 7.11 Å². The molecule has 2 aromatic rings. The van der Waals surface area contributed by atoms with Crippen molar-refractivity contribution in [2.24, 2.45) is 5.92 Å².